The number of carbonyl (C=O) groups excluding carboxylic acids is 2. The van der Waals surface area contributed by atoms with Crippen LogP contribution in [0.5, 0.6) is 0 Å². The number of hydrogen-bond acceptors (Lipinski definition) is 3. The number of carbonyl (C=O) groups is 2. The Labute approximate surface area is 182 Å². The van der Waals surface area contributed by atoms with E-state index in [2.05, 4.69) is 25.8 Å². The van der Waals surface area contributed by atoms with Crippen LogP contribution in [0.15, 0.2) is 29.3 Å². The molecule has 0 unspecified atom stereocenters. The Bertz CT molecular complexity index is 678. The second-order valence-electron chi connectivity index (χ2n) is 6.52. The fraction of sp³-hybridized carbons (Fsp3) is 0.526. The van der Waals surface area contributed by atoms with Crippen molar-refractivity contribution in [2.24, 2.45) is 10.9 Å². The molecule has 2 rings (SSSR count). The first-order valence-electron chi connectivity index (χ1n) is 9.24. The van der Waals surface area contributed by atoms with Crippen LogP contribution in [0.2, 0.25) is 0 Å². The van der Waals surface area contributed by atoms with Crippen molar-refractivity contribution in [3.63, 3.8) is 0 Å². The third kappa shape index (κ3) is 7.25. The number of likely N-dealkylation sites (tertiary alicyclic amines) is 1. The summed E-state index contributed by atoms with van der Waals surface area (Å²) in [6.07, 6.45) is 2.45. The van der Waals surface area contributed by atoms with Crippen molar-refractivity contribution in [2.45, 2.75) is 19.3 Å². The molecule has 0 saturated carbocycles. The quantitative estimate of drug-likeness (QED) is 0.237. The van der Waals surface area contributed by atoms with Crippen LogP contribution in [0.25, 0.3) is 0 Å². The van der Waals surface area contributed by atoms with Crippen LogP contribution in [0.1, 0.15) is 29.6 Å². The fourth-order valence-corrected chi connectivity index (χ4v) is 3.14. The lowest BCUT2D eigenvalue weighted by molar-refractivity contribution is -0.121. The second-order valence-corrected chi connectivity index (χ2v) is 6.52. The van der Waals surface area contributed by atoms with Crippen LogP contribution in [-0.2, 0) is 4.79 Å². The van der Waals surface area contributed by atoms with Gasteiger partial charge >= 0.3 is 0 Å². The molecule has 1 fully saturated rings. The molecule has 1 aliphatic heterocycles. The highest BCUT2D eigenvalue weighted by Gasteiger charge is 2.23. The first-order valence-corrected chi connectivity index (χ1v) is 9.24. The van der Waals surface area contributed by atoms with E-state index in [0.29, 0.717) is 25.4 Å². The van der Waals surface area contributed by atoms with E-state index in [-0.39, 0.29) is 35.4 Å². The number of rotatable bonds is 6. The Hall–Kier alpha value is -1.91. The highest BCUT2D eigenvalue weighted by Crippen LogP contribution is 2.20. The van der Waals surface area contributed by atoms with E-state index < -0.39 is 11.7 Å². The molecule has 156 valence electrons. The summed E-state index contributed by atoms with van der Waals surface area (Å²) in [5.41, 5.74) is 0.0417. The summed E-state index contributed by atoms with van der Waals surface area (Å²) in [6, 6.07) is 5.91. The number of hydrogen-bond donors (Lipinski definition) is 3. The maximum Gasteiger partial charge on any atom is 0.254 e. The molecule has 1 aromatic carbocycles. The molecule has 3 N–H and O–H groups in total. The predicted molar refractivity (Wildman–Crippen MR) is 118 cm³/mol. The van der Waals surface area contributed by atoms with Gasteiger partial charge in [0.15, 0.2) is 5.96 Å². The SMILES string of the molecule is CN=C(NCCNC(=O)c1ccccc1F)N1CCC(CC(=O)NC)CC1.I. The maximum atomic E-state index is 13.6. The van der Waals surface area contributed by atoms with E-state index in [4.69, 9.17) is 0 Å². The van der Waals surface area contributed by atoms with Crippen LogP contribution < -0.4 is 16.0 Å². The van der Waals surface area contributed by atoms with Gasteiger partial charge in [0, 0.05) is 46.7 Å². The first-order chi connectivity index (χ1) is 13.0. The van der Waals surface area contributed by atoms with Gasteiger partial charge in [-0.15, -0.1) is 24.0 Å². The van der Waals surface area contributed by atoms with Gasteiger partial charge in [-0.2, -0.15) is 0 Å². The summed E-state index contributed by atoms with van der Waals surface area (Å²) in [5.74, 6) is 0.299. The minimum atomic E-state index is -0.529. The fourth-order valence-electron chi connectivity index (χ4n) is 3.14. The minimum absolute atomic E-state index is 0. The highest BCUT2D eigenvalue weighted by atomic mass is 127. The van der Waals surface area contributed by atoms with E-state index in [0.717, 1.165) is 31.9 Å². The Morgan fingerprint density at radius 3 is 2.43 bits per heavy atom. The average Bonchev–Trinajstić information content (AvgIpc) is 2.69. The molecule has 1 aromatic rings. The largest absolute Gasteiger partial charge is 0.359 e. The molecule has 7 nitrogen and oxygen atoms in total. The molecule has 0 atom stereocenters. The zero-order valence-corrected chi connectivity index (χ0v) is 18.7. The Balaban J connectivity index is 0.00000392. The van der Waals surface area contributed by atoms with E-state index in [1.54, 1.807) is 26.2 Å². The van der Waals surface area contributed by atoms with Gasteiger partial charge in [-0.05, 0) is 30.9 Å². The predicted octanol–water partition coefficient (Wildman–Crippen LogP) is 1.60. The molecule has 1 saturated heterocycles. The van der Waals surface area contributed by atoms with Crippen LogP contribution >= 0.6 is 24.0 Å². The van der Waals surface area contributed by atoms with Gasteiger partial charge in [0.2, 0.25) is 5.91 Å². The minimum Gasteiger partial charge on any atom is -0.359 e. The zero-order valence-electron chi connectivity index (χ0n) is 16.3. The van der Waals surface area contributed by atoms with E-state index in [1.807, 2.05) is 0 Å². The molecule has 1 aliphatic rings. The third-order valence-electron chi connectivity index (χ3n) is 4.69. The molecule has 28 heavy (non-hydrogen) atoms. The number of halogens is 2. The maximum absolute atomic E-state index is 13.6. The Kier molecular flexibility index (Phi) is 10.8. The van der Waals surface area contributed by atoms with E-state index >= 15 is 0 Å². The van der Waals surface area contributed by atoms with E-state index in [1.165, 1.54) is 12.1 Å². The molecule has 0 radical (unpaired) electrons. The topological polar surface area (TPSA) is 85.8 Å². The number of piperidine rings is 1. The number of aliphatic imine (C=N–C) groups is 1. The monoisotopic (exact) mass is 505 g/mol. The van der Waals surface area contributed by atoms with Gasteiger partial charge in [0.25, 0.3) is 5.91 Å². The summed E-state index contributed by atoms with van der Waals surface area (Å²) < 4.78 is 13.6. The van der Waals surface area contributed by atoms with Crippen molar-refractivity contribution >= 4 is 41.8 Å². The van der Waals surface area contributed by atoms with Gasteiger partial charge in [-0.3, -0.25) is 14.6 Å². The smallest absolute Gasteiger partial charge is 0.254 e. The normalized spacial score (nSPS) is 14.8. The van der Waals surface area contributed by atoms with Crippen molar-refractivity contribution in [1.82, 2.24) is 20.9 Å². The van der Waals surface area contributed by atoms with E-state index in [9.17, 15) is 14.0 Å². The van der Waals surface area contributed by atoms with Gasteiger partial charge in [0.05, 0.1) is 5.56 Å². The summed E-state index contributed by atoms with van der Waals surface area (Å²) >= 11 is 0. The molecule has 2 amide bonds. The third-order valence-corrected chi connectivity index (χ3v) is 4.69. The molecule has 0 spiro atoms. The van der Waals surface area contributed by atoms with Crippen molar-refractivity contribution in [1.29, 1.82) is 0 Å². The summed E-state index contributed by atoms with van der Waals surface area (Å²) in [5, 5.41) is 8.58. The van der Waals surface area contributed by atoms with Gasteiger partial charge in [0.1, 0.15) is 5.82 Å². The molecule has 0 aliphatic carbocycles. The van der Waals surface area contributed by atoms with Crippen LogP contribution in [0, 0.1) is 11.7 Å². The van der Waals surface area contributed by atoms with Gasteiger partial charge in [-0.1, -0.05) is 12.1 Å². The number of guanidine groups is 1. The van der Waals surface area contributed by atoms with Crippen molar-refractivity contribution in [3.05, 3.63) is 35.6 Å². The lowest BCUT2D eigenvalue weighted by Crippen LogP contribution is -2.47. The van der Waals surface area contributed by atoms with Crippen LogP contribution in [0.4, 0.5) is 4.39 Å². The molecular formula is C19H29FIN5O2. The Morgan fingerprint density at radius 2 is 1.82 bits per heavy atom. The average molecular weight is 505 g/mol. The molecule has 0 aromatic heterocycles. The molecular weight excluding hydrogens is 476 g/mol. The lowest BCUT2D eigenvalue weighted by Gasteiger charge is -2.34. The highest BCUT2D eigenvalue weighted by molar-refractivity contribution is 14.0. The molecule has 1 heterocycles. The standard InChI is InChI=1S/C19H28FN5O2.HI/c1-21-17(26)13-14-7-11-25(12-8-14)19(22-2)24-10-9-23-18(27)15-5-3-4-6-16(15)20;/h3-6,14H,7-13H2,1-2H3,(H,21,26)(H,22,24)(H,23,27);1H. The first kappa shape index (κ1) is 24.1. The number of benzene rings is 1. The number of nitrogens with one attached hydrogen (secondary N) is 3. The van der Waals surface area contributed by atoms with Crippen molar-refractivity contribution in [2.75, 3.05) is 40.3 Å². The van der Waals surface area contributed by atoms with Crippen LogP contribution in [-0.4, -0.2) is 62.9 Å². The van der Waals surface area contributed by atoms with Gasteiger partial charge in [-0.25, -0.2) is 4.39 Å². The lowest BCUT2D eigenvalue weighted by atomic mass is 9.93. The molecule has 9 heteroatoms. The summed E-state index contributed by atoms with van der Waals surface area (Å²) in [7, 11) is 3.38. The van der Waals surface area contributed by atoms with Crippen LogP contribution in [0.3, 0.4) is 0 Å². The molecule has 0 bridgehead atoms. The number of amides is 2. The number of nitrogens with zero attached hydrogens (tertiary/aromatic N) is 2. The van der Waals surface area contributed by atoms with Crippen molar-refractivity contribution < 1.29 is 14.0 Å². The Morgan fingerprint density at radius 1 is 1.18 bits per heavy atom. The second kappa shape index (κ2) is 12.5. The van der Waals surface area contributed by atoms with Gasteiger partial charge < -0.3 is 20.9 Å². The summed E-state index contributed by atoms with van der Waals surface area (Å²) in [4.78, 5) is 29.9. The zero-order chi connectivity index (χ0) is 19.6. The summed E-state index contributed by atoms with van der Waals surface area (Å²) in [6.45, 7) is 2.52. The van der Waals surface area contributed by atoms with Crippen molar-refractivity contribution in [3.8, 4) is 0 Å².